The molecule has 0 aromatic carbocycles. The van der Waals surface area contributed by atoms with Crippen molar-refractivity contribution in [3.8, 4) is 0 Å². The maximum atomic E-state index is 12.2. The van der Waals surface area contributed by atoms with Gasteiger partial charge in [-0.15, -0.1) is 0 Å². The highest BCUT2D eigenvalue weighted by atomic mass is 16.1. The summed E-state index contributed by atoms with van der Waals surface area (Å²) in [4.78, 5) is 18.5. The van der Waals surface area contributed by atoms with Crippen LogP contribution in [0.2, 0.25) is 0 Å². The molecule has 5 heteroatoms. The van der Waals surface area contributed by atoms with Crippen molar-refractivity contribution in [1.29, 1.82) is 0 Å². The summed E-state index contributed by atoms with van der Waals surface area (Å²) < 4.78 is 1.70. The molecule has 1 rings (SSSR count). The van der Waals surface area contributed by atoms with Gasteiger partial charge in [0.25, 0.3) is 5.56 Å². The topological polar surface area (TPSA) is 50.2 Å². The summed E-state index contributed by atoms with van der Waals surface area (Å²) in [5.41, 5.74) is -0.291. The van der Waals surface area contributed by atoms with E-state index in [2.05, 4.69) is 22.1 Å². The minimum Gasteiger partial charge on any atom is -0.364 e. The number of aromatic nitrogens is 2. The third-order valence-electron chi connectivity index (χ3n) is 2.89. The minimum atomic E-state index is -0.226. The van der Waals surface area contributed by atoms with E-state index in [4.69, 9.17) is 0 Å². The molecule has 0 atom stereocenters. The van der Waals surface area contributed by atoms with E-state index in [1.807, 2.05) is 27.8 Å². The maximum absolute atomic E-state index is 12.2. The van der Waals surface area contributed by atoms with Crippen molar-refractivity contribution in [3.63, 3.8) is 0 Å². The van der Waals surface area contributed by atoms with E-state index in [1.165, 1.54) is 0 Å². The van der Waals surface area contributed by atoms with Gasteiger partial charge in [0.1, 0.15) is 0 Å². The Morgan fingerprint density at radius 2 is 2.11 bits per heavy atom. The number of hydrogen-bond acceptors (Lipinski definition) is 4. The first-order valence-corrected chi connectivity index (χ1v) is 6.37. The number of hydrogen-bond donors (Lipinski definition) is 1. The molecular formula is C13H24N4O. The standard InChI is InChI=1S/C13H24N4O/c1-6-16(5)9-7-14-11-12(18)17(10-8-15-11)13(2,3)4/h8,10H,6-7,9H2,1-5H3,(H,14,15). The number of likely N-dealkylation sites (N-methyl/N-ethyl adjacent to an activating group) is 1. The number of nitrogens with zero attached hydrogens (tertiary/aromatic N) is 3. The van der Waals surface area contributed by atoms with Crippen molar-refractivity contribution >= 4 is 5.82 Å². The third kappa shape index (κ3) is 3.84. The number of rotatable bonds is 5. The zero-order valence-corrected chi connectivity index (χ0v) is 12.0. The molecule has 5 nitrogen and oxygen atoms in total. The molecule has 0 fully saturated rings. The molecule has 0 bridgehead atoms. The molecule has 0 radical (unpaired) electrons. The summed E-state index contributed by atoms with van der Waals surface area (Å²) in [5, 5.41) is 3.10. The van der Waals surface area contributed by atoms with Crippen LogP contribution in [0.1, 0.15) is 27.7 Å². The van der Waals surface area contributed by atoms with E-state index in [9.17, 15) is 4.79 Å². The number of nitrogens with one attached hydrogen (secondary N) is 1. The highest BCUT2D eigenvalue weighted by Crippen LogP contribution is 2.10. The van der Waals surface area contributed by atoms with Crippen LogP contribution in [-0.4, -0.2) is 41.1 Å². The van der Waals surface area contributed by atoms with Crippen molar-refractivity contribution in [1.82, 2.24) is 14.5 Å². The predicted octanol–water partition coefficient (Wildman–Crippen LogP) is 1.36. The fraction of sp³-hybridized carbons (Fsp3) is 0.692. The molecular weight excluding hydrogens is 228 g/mol. The van der Waals surface area contributed by atoms with Gasteiger partial charge in [0.05, 0.1) is 0 Å². The molecule has 1 aromatic rings. The Kier molecular flexibility index (Phi) is 4.90. The molecule has 0 spiro atoms. The van der Waals surface area contributed by atoms with Crippen LogP contribution in [0.5, 0.6) is 0 Å². The van der Waals surface area contributed by atoms with Crippen LogP contribution < -0.4 is 10.9 Å². The zero-order valence-electron chi connectivity index (χ0n) is 12.0. The van der Waals surface area contributed by atoms with Crippen molar-refractivity contribution in [3.05, 3.63) is 22.7 Å². The van der Waals surface area contributed by atoms with Gasteiger partial charge in [-0.3, -0.25) is 4.79 Å². The predicted molar refractivity (Wildman–Crippen MR) is 75.2 cm³/mol. The molecule has 0 aliphatic carbocycles. The molecule has 0 saturated heterocycles. The molecule has 0 unspecified atom stereocenters. The van der Waals surface area contributed by atoms with Crippen LogP contribution in [0.15, 0.2) is 17.2 Å². The van der Waals surface area contributed by atoms with Crippen molar-refractivity contribution in [2.45, 2.75) is 33.2 Å². The lowest BCUT2D eigenvalue weighted by Crippen LogP contribution is -2.36. The first kappa shape index (κ1) is 14.7. The van der Waals surface area contributed by atoms with E-state index in [1.54, 1.807) is 17.0 Å². The van der Waals surface area contributed by atoms with Crippen LogP contribution in [0, 0.1) is 0 Å². The van der Waals surface area contributed by atoms with Crippen LogP contribution in [0.25, 0.3) is 0 Å². The quantitative estimate of drug-likeness (QED) is 0.859. The summed E-state index contributed by atoms with van der Waals surface area (Å²) in [6.45, 7) is 10.7. The van der Waals surface area contributed by atoms with Gasteiger partial charge in [-0.25, -0.2) is 4.98 Å². The molecule has 1 N–H and O–H groups in total. The van der Waals surface area contributed by atoms with E-state index < -0.39 is 0 Å². The van der Waals surface area contributed by atoms with E-state index in [0.717, 1.165) is 19.6 Å². The molecule has 0 aliphatic heterocycles. The van der Waals surface area contributed by atoms with E-state index >= 15 is 0 Å². The lowest BCUT2D eigenvalue weighted by atomic mass is 10.1. The highest BCUT2D eigenvalue weighted by Gasteiger charge is 2.16. The van der Waals surface area contributed by atoms with Gasteiger partial charge in [0.2, 0.25) is 0 Å². The fourth-order valence-corrected chi connectivity index (χ4v) is 1.58. The Morgan fingerprint density at radius 1 is 1.44 bits per heavy atom. The Labute approximate surface area is 109 Å². The number of anilines is 1. The molecule has 1 heterocycles. The van der Waals surface area contributed by atoms with E-state index in [0.29, 0.717) is 5.82 Å². The monoisotopic (exact) mass is 252 g/mol. The van der Waals surface area contributed by atoms with Crippen molar-refractivity contribution in [2.75, 3.05) is 32.0 Å². The van der Waals surface area contributed by atoms with Gasteiger partial charge in [0, 0.05) is 31.0 Å². The average Bonchev–Trinajstić information content (AvgIpc) is 2.29. The van der Waals surface area contributed by atoms with Crippen LogP contribution >= 0.6 is 0 Å². The van der Waals surface area contributed by atoms with Crippen LogP contribution in [-0.2, 0) is 5.54 Å². The fourth-order valence-electron chi connectivity index (χ4n) is 1.58. The average molecular weight is 252 g/mol. The van der Waals surface area contributed by atoms with Crippen molar-refractivity contribution < 1.29 is 0 Å². The molecule has 0 saturated carbocycles. The lowest BCUT2D eigenvalue weighted by Gasteiger charge is -2.22. The smallest absolute Gasteiger partial charge is 0.293 e. The summed E-state index contributed by atoms with van der Waals surface area (Å²) in [6, 6.07) is 0. The lowest BCUT2D eigenvalue weighted by molar-refractivity contribution is 0.366. The molecule has 102 valence electrons. The summed E-state index contributed by atoms with van der Waals surface area (Å²) >= 11 is 0. The zero-order chi connectivity index (χ0) is 13.8. The second kappa shape index (κ2) is 6.00. The van der Waals surface area contributed by atoms with Crippen LogP contribution in [0.4, 0.5) is 5.82 Å². The first-order chi connectivity index (χ1) is 8.36. The van der Waals surface area contributed by atoms with Gasteiger partial charge in [-0.2, -0.15) is 0 Å². The van der Waals surface area contributed by atoms with Crippen LogP contribution in [0.3, 0.4) is 0 Å². The maximum Gasteiger partial charge on any atom is 0.293 e. The van der Waals surface area contributed by atoms with Gasteiger partial charge >= 0.3 is 0 Å². The van der Waals surface area contributed by atoms with E-state index in [-0.39, 0.29) is 11.1 Å². The van der Waals surface area contributed by atoms with Crippen molar-refractivity contribution in [2.24, 2.45) is 0 Å². The van der Waals surface area contributed by atoms with Gasteiger partial charge < -0.3 is 14.8 Å². The largest absolute Gasteiger partial charge is 0.364 e. The summed E-state index contributed by atoms with van der Waals surface area (Å²) in [7, 11) is 2.05. The third-order valence-corrected chi connectivity index (χ3v) is 2.89. The molecule has 0 aliphatic rings. The minimum absolute atomic E-state index is 0.0656. The SMILES string of the molecule is CCN(C)CCNc1nccn(C(C)(C)C)c1=O. The second-order valence-electron chi connectivity index (χ2n) is 5.44. The normalized spacial score (nSPS) is 11.9. The highest BCUT2D eigenvalue weighted by molar-refractivity contribution is 5.31. The van der Waals surface area contributed by atoms with Gasteiger partial charge in [-0.1, -0.05) is 6.92 Å². The summed E-state index contributed by atoms with van der Waals surface area (Å²) in [6.07, 6.45) is 3.39. The second-order valence-corrected chi connectivity index (χ2v) is 5.44. The summed E-state index contributed by atoms with van der Waals surface area (Å²) in [5.74, 6) is 0.428. The Morgan fingerprint density at radius 3 is 2.67 bits per heavy atom. The van der Waals surface area contributed by atoms with Gasteiger partial charge in [0.15, 0.2) is 5.82 Å². The Balaban J connectivity index is 2.76. The Hall–Kier alpha value is -1.36. The first-order valence-electron chi connectivity index (χ1n) is 6.37. The molecule has 18 heavy (non-hydrogen) atoms. The molecule has 1 aromatic heterocycles. The molecule has 0 amide bonds. The Bertz CT molecular complexity index is 433. The van der Waals surface area contributed by atoms with Gasteiger partial charge in [-0.05, 0) is 34.4 Å².